The molecule has 0 aliphatic heterocycles. The number of phenols is 2. The van der Waals surface area contributed by atoms with Crippen LogP contribution in [0, 0.1) is 0 Å². The molecule has 124 valence electrons. The molecule has 0 radical (unpaired) electrons. The standard InChI is InChI=1S/C21H28O2/c1-7-21(5,6)15-9-10-17(20(2,3)4)16(13-15)14-8-11-18(22)19(23)12-14/h8-13,22-23H,7H2,1-6H3. The third kappa shape index (κ3) is 3.52. The highest BCUT2D eigenvalue weighted by Gasteiger charge is 2.24. The van der Waals surface area contributed by atoms with Gasteiger partial charge in [-0.1, -0.05) is 65.8 Å². The van der Waals surface area contributed by atoms with Gasteiger partial charge >= 0.3 is 0 Å². The van der Waals surface area contributed by atoms with E-state index in [1.807, 2.05) is 6.07 Å². The lowest BCUT2D eigenvalue weighted by molar-refractivity contribution is 0.404. The van der Waals surface area contributed by atoms with Gasteiger partial charge in [0.15, 0.2) is 11.5 Å². The molecule has 0 saturated heterocycles. The van der Waals surface area contributed by atoms with Gasteiger partial charge in [-0.2, -0.15) is 0 Å². The number of benzene rings is 2. The fourth-order valence-corrected chi connectivity index (χ4v) is 2.75. The molecular formula is C21H28O2. The molecule has 2 heteroatoms. The van der Waals surface area contributed by atoms with E-state index in [4.69, 9.17) is 0 Å². The highest BCUT2D eigenvalue weighted by Crippen LogP contribution is 2.39. The van der Waals surface area contributed by atoms with Gasteiger partial charge in [0, 0.05) is 0 Å². The van der Waals surface area contributed by atoms with E-state index in [0.717, 1.165) is 17.5 Å². The first-order valence-electron chi connectivity index (χ1n) is 8.23. The molecule has 2 aromatic carbocycles. The van der Waals surface area contributed by atoms with Crippen LogP contribution in [0.25, 0.3) is 11.1 Å². The van der Waals surface area contributed by atoms with Crippen molar-refractivity contribution in [2.45, 2.75) is 58.8 Å². The Labute approximate surface area is 139 Å². The predicted molar refractivity (Wildman–Crippen MR) is 97.2 cm³/mol. The van der Waals surface area contributed by atoms with Gasteiger partial charge in [0.05, 0.1) is 0 Å². The van der Waals surface area contributed by atoms with E-state index in [0.29, 0.717) is 0 Å². The SMILES string of the molecule is CCC(C)(C)c1ccc(C(C)(C)C)c(-c2ccc(O)c(O)c2)c1. The third-order valence-corrected chi connectivity index (χ3v) is 4.78. The minimum Gasteiger partial charge on any atom is -0.504 e. The zero-order valence-corrected chi connectivity index (χ0v) is 15.1. The van der Waals surface area contributed by atoms with Crippen LogP contribution >= 0.6 is 0 Å². The number of rotatable bonds is 3. The summed E-state index contributed by atoms with van der Waals surface area (Å²) in [6.07, 6.45) is 1.06. The molecule has 0 atom stereocenters. The second-order valence-corrected chi connectivity index (χ2v) is 7.95. The first-order chi connectivity index (χ1) is 10.6. The van der Waals surface area contributed by atoms with Crippen molar-refractivity contribution < 1.29 is 10.2 Å². The Morgan fingerprint density at radius 3 is 2.00 bits per heavy atom. The first kappa shape index (κ1) is 17.4. The number of hydrogen-bond donors (Lipinski definition) is 2. The fourth-order valence-electron chi connectivity index (χ4n) is 2.75. The van der Waals surface area contributed by atoms with E-state index in [2.05, 4.69) is 59.7 Å². The first-order valence-corrected chi connectivity index (χ1v) is 8.23. The zero-order chi connectivity index (χ0) is 17.4. The summed E-state index contributed by atoms with van der Waals surface area (Å²) in [5, 5.41) is 19.5. The minimum absolute atomic E-state index is 0.00226. The van der Waals surface area contributed by atoms with Crippen LogP contribution in [0.1, 0.15) is 59.1 Å². The van der Waals surface area contributed by atoms with Crippen LogP contribution in [-0.2, 0) is 10.8 Å². The molecular weight excluding hydrogens is 284 g/mol. The Morgan fingerprint density at radius 2 is 1.48 bits per heavy atom. The Hall–Kier alpha value is -1.96. The number of aromatic hydroxyl groups is 2. The van der Waals surface area contributed by atoms with Crippen LogP contribution in [0.5, 0.6) is 11.5 Å². The van der Waals surface area contributed by atoms with Crippen LogP contribution in [-0.4, -0.2) is 10.2 Å². The molecule has 2 aromatic rings. The highest BCUT2D eigenvalue weighted by atomic mass is 16.3. The normalized spacial score (nSPS) is 12.4. The summed E-state index contributed by atoms with van der Waals surface area (Å²) >= 11 is 0. The predicted octanol–water partition coefficient (Wildman–Crippen LogP) is 5.75. The Morgan fingerprint density at radius 1 is 0.826 bits per heavy atom. The quantitative estimate of drug-likeness (QED) is 0.708. The molecule has 23 heavy (non-hydrogen) atoms. The summed E-state index contributed by atoms with van der Waals surface area (Å²) in [6.45, 7) is 13.3. The van der Waals surface area contributed by atoms with Crippen LogP contribution in [0.3, 0.4) is 0 Å². The largest absolute Gasteiger partial charge is 0.504 e. The van der Waals surface area contributed by atoms with Gasteiger partial charge in [-0.3, -0.25) is 0 Å². The van der Waals surface area contributed by atoms with E-state index in [9.17, 15) is 10.2 Å². The van der Waals surface area contributed by atoms with Crippen molar-refractivity contribution in [3.63, 3.8) is 0 Å². The van der Waals surface area contributed by atoms with Gasteiger partial charge in [0.25, 0.3) is 0 Å². The van der Waals surface area contributed by atoms with E-state index in [1.54, 1.807) is 12.1 Å². The van der Waals surface area contributed by atoms with E-state index in [1.165, 1.54) is 11.1 Å². The molecule has 0 bridgehead atoms. The van der Waals surface area contributed by atoms with Crippen LogP contribution in [0.15, 0.2) is 36.4 Å². The van der Waals surface area contributed by atoms with Crippen LogP contribution in [0.2, 0.25) is 0 Å². The second-order valence-electron chi connectivity index (χ2n) is 7.95. The summed E-state index contributed by atoms with van der Waals surface area (Å²) in [4.78, 5) is 0. The third-order valence-electron chi connectivity index (χ3n) is 4.78. The van der Waals surface area contributed by atoms with Gasteiger partial charge < -0.3 is 10.2 Å². The molecule has 2 nitrogen and oxygen atoms in total. The average molecular weight is 312 g/mol. The topological polar surface area (TPSA) is 40.5 Å². The molecule has 0 heterocycles. The maximum Gasteiger partial charge on any atom is 0.158 e. The molecule has 0 unspecified atom stereocenters. The summed E-state index contributed by atoms with van der Waals surface area (Å²) in [5.74, 6) is -0.168. The van der Waals surface area contributed by atoms with Crippen LogP contribution in [0.4, 0.5) is 0 Å². The summed E-state index contributed by atoms with van der Waals surface area (Å²) < 4.78 is 0. The van der Waals surface area contributed by atoms with E-state index < -0.39 is 0 Å². The second kappa shape index (κ2) is 5.92. The Balaban J connectivity index is 2.71. The molecule has 2 N–H and O–H groups in total. The lowest BCUT2D eigenvalue weighted by atomic mass is 9.76. The van der Waals surface area contributed by atoms with E-state index >= 15 is 0 Å². The van der Waals surface area contributed by atoms with Crippen molar-refractivity contribution >= 4 is 0 Å². The van der Waals surface area contributed by atoms with Crippen molar-refractivity contribution in [3.8, 4) is 22.6 Å². The van der Waals surface area contributed by atoms with Gasteiger partial charge in [-0.05, 0) is 51.6 Å². The molecule has 0 aliphatic rings. The number of phenolic OH excluding ortho intramolecular Hbond substituents is 2. The van der Waals surface area contributed by atoms with Gasteiger partial charge in [-0.25, -0.2) is 0 Å². The fraction of sp³-hybridized carbons (Fsp3) is 0.429. The molecule has 0 amide bonds. The van der Waals surface area contributed by atoms with Gasteiger partial charge in [0.2, 0.25) is 0 Å². The van der Waals surface area contributed by atoms with Crippen molar-refractivity contribution in [3.05, 3.63) is 47.5 Å². The average Bonchev–Trinajstić information content (AvgIpc) is 2.48. The summed E-state index contributed by atoms with van der Waals surface area (Å²) in [5.41, 5.74) is 4.67. The Bertz CT molecular complexity index is 706. The Kier molecular flexibility index (Phi) is 4.48. The lowest BCUT2D eigenvalue weighted by Gasteiger charge is -2.28. The molecule has 0 saturated carbocycles. The van der Waals surface area contributed by atoms with Crippen LogP contribution < -0.4 is 0 Å². The summed E-state index contributed by atoms with van der Waals surface area (Å²) in [7, 11) is 0. The monoisotopic (exact) mass is 312 g/mol. The number of hydrogen-bond acceptors (Lipinski definition) is 2. The van der Waals surface area contributed by atoms with Crippen molar-refractivity contribution in [1.82, 2.24) is 0 Å². The highest BCUT2D eigenvalue weighted by molar-refractivity contribution is 5.72. The maximum absolute atomic E-state index is 9.88. The molecule has 0 spiro atoms. The minimum atomic E-state index is -0.0869. The molecule has 2 rings (SSSR count). The van der Waals surface area contributed by atoms with Crippen molar-refractivity contribution in [2.24, 2.45) is 0 Å². The lowest BCUT2D eigenvalue weighted by Crippen LogP contribution is -2.18. The summed E-state index contributed by atoms with van der Waals surface area (Å²) in [6, 6.07) is 11.7. The van der Waals surface area contributed by atoms with Crippen molar-refractivity contribution in [1.29, 1.82) is 0 Å². The molecule has 0 fully saturated rings. The van der Waals surface area contributed by atoms with Crippen molar-refractivity contribution in [2.75, 3.05) is 0 Å². The molecule has 0 aromatic heterocycles. The van der Waals surface area contributed by atoms with Gasteiger partial charge in [0.1, 0.15) is 0 Å². The zero-order valence-electron chi connectivity index (χ0n) is 15.1. The maximum atomic E-state index is 9.88. The van der Waals surface area contributed by atoms with Gasteiger partial charge in [-0.15, -0.1) is 0 Å². The van der Waals surface area contributed by atoms with E-state index in [-0.39, 0.29) is 22.3 Å². The smallest absolute Gasteiger partial charge is 0.158 e. The molecule has 0 aliphatic carbocycles.